The Labute approximate surface area is 717 Å². The molecule has 10 aromatic heterocycles. The number of aromatic nitrogens is 18. The van der Waals surface area contributed by atoms with Crippen molar-refractivity contribution in [1.82, 2.24) is 111 Å². The van der Waals surface area contributed by atoms with E-state index in [1.165, 1.54) is 0 Å². The number of aliphatic hydroxyl groups is 1. The minimum absolute atomic E-state index is 0.129. The predicted molar refractivity (Wildman–Crippen MR) is 472 cm³/mol. The highest BCUT2D eigenvalue weighted by molar-refractivity contribution is 5.97. The highest BCUT2D eigenvalue weighted by Gasteiger charge is 2.27. The van der Waals surface area contributed by atoms with E-state index < -0.39 is 5.60 Å². The lowest BCUT2D eigenvalue weighted by Crippen LogP contribution is -2.29. The van der Waals surface area contributed by atoms with Crippen molar-refractivity contribution < 1.29 is 24.3 Å². The van der Waals surface area contributed by atoms with Crippen LogP contribution in [-0.4, -0.2) is 150 Å². The Bertz CT molecular complexity index is 6260. The van der Waals surface area contributed by atoms with Gasteiger partial charge in [0.2, 0.25) is 0 Å². The third kappa shape index (κ3) is 25.6. The quantitative estimate of drug-likeness (QED) is 0.0200. The number of carbonyl (C=O) groups is 4. The second-order valence-corrected chi connectivity index (χ2v) is 28.8. The van der Waals surface area contributed by atoms with Gasteiger partial charge < -0.3 is 26.4 Å². The number of carbonyl (C=O) groups excluding carboxylic acids is 4. The van der Waals surface area contributed by atoms with Crippen LogP contribution in [0.15, 0.2) is 263 Å². The Hall–Kier alpha value is -16.3. The van der Waals surface area contributed by atoms with Crippen molar-refractivity contribution in [3.8, 4) is 82.5 Å². The second-order valence-electron chi connectivity index (χ2n) is 28.8. The molecule has 1 aliphatic carbocycles. The monoisotopic (exact) mass is 1640 g/mol. The molecule has 1 fully saturated rings. The molecule has 0 radical (unpaired) electrons. The lowest BCUT2D eigenvalue weighted by Gasteiger charge is -2.26. The highest BCUT2D eigenvalue weighted by Crippen LogP contribution is 2.28. The fourth-order valence-corrected chi connectivity index (χ4v) is 13.2. The first-order valence-corrected chi connectivity index (χ1v) is 40.7. The average Bonchev–Trinajstić information content (AvgIpc) is 1.30. The summed E-state index contributed by atoms with van der Waals surface area (Å²) in [6.45, 7) is 4.24. The molecule has 0 bridgehead atoms. The zero-order valence-electron chi connectivity index (χ0n) is 68.3. The summed E-state index contributed by atoms with van der Waals surface area (Å²) < 4.78 is 6.92. The third-order valence-electron chi connectivity index (χ3n) is 19.7. The summed E-state index contributed by atoms with van der Waals surface area (Å²) in [5.41, 5.74) is 15.5. The van der Waals surface area contributed by atoms with Gasteiger partial charge >= 0.3 is 0 Å². The zero-order valence-corrected chi connectivity index (χ0v) is 68.3. The van der Waals surface area contributed by atoms with Gasteiger partial charge in [-0.2, -0.15) is 40.8 Å². The number of aryl methyl sites for hydroxylation is 5. The minimum atomic E-state index is -0.953. The fraction of sp³-hybridized carbons (Fsp3) is 0.196. The van der Waals surface area contributed by atoms with Crippen molar-refractivity contribution in [2.75, 3.05) is 26.2 Å². The summed E-state index contributed by atoms with van der Waals surface area (Å²) in [6.07, 6.45) is 47.2. The molecule has 27 heteroatoms. The molecular formula is C97H90N22O5. The number of aromatic amines is 4. The lowest BCUT2D eigenvalue weighted by molar-refractivity contribution is 0.0610. The maximum absolute atomic E-state index is 12.7. The van der Waals surface area contributed by atoms with Gasteiger partial charge in [-0.1, -0.05) is 66.1 Å². The topological polar surface area (TPSA) is 348 Å². The highest BCUT2D eigenvalue weighted by atomic mass is 16.3. The van der Waals surface area contributed by atoms with Crippen molar-refractivity contribution in [3.05, 3.63) is 358 Å². The molecule has 0 saturated heterocycles. The van der Waals surface area contributed by atoms with Crippen LogP contribution in [0.3, 0.4) is 0 Å². The van der Waals surface area contributed by atoms with Crippen LogP contribution in [0.4, 0.5) is 0 Å². The van der Waals surface area contributed by atoms with Gasteiger partial charge in [-0.15, -0.1) is 6.42 Å². The number of terminal acetylenes is 1. The zero-order chi connectivity index (χ0) is 85.8. The average molecular weight is 1640 g/mol. The van der Waals surface area contributed by atoms with Gasteiger partial charge in [-0.3, -0.25) is 39.6 Å². The lowest BCUT2D eigenvalue weighted by atomic mass is 9.85. The standard InChI is InChI=1S/C26H21N5O.C24H22N6O.C24H27N5O2.C23H20N6O/c1-2-20-6-3-7-21(16-20)9-10-23-17-24(11-12-25(23)31-15-5-14-30-31)26(32)27-13-4-8-22-18-28-29-19-22;1-18-5-2-7-22(29-18)10-8-20-15-21(9-11-23(20)30-14-4-13-28-30)24(31)25-12-3-6-19-16-26-27-17-19;30-23(25-13-4-6-19-17-26-27-18-19)21-7-8-22(29-15-5-14-28-29)20(16-21)9-12-24(31)10-2-1-3-11-24;30-23(25-12-3-5-18-16-26-27-17-18)20-8-10-22(29-14-4-13-28-29)19(15-20)7-9-21-6-1-2-11-24-21/h1,3,5-7,11-12,14-19H,4,8,13H2,(H,27,32)(H,28,29);2,4-5,7,9,11,13-17H,3,6,12H2,1H3,(H,25,31)(H,26,27);5,7-8,14-18,31H,1-4,6,10-11,13H2,(H,25,30)(H,26,27);1-2,4,6,8,10-11,13-17H,3,5,12H2,(H,25,30)(H,26,27). The molecule has 1 aliphatic rings. The van der Waals surface area contributed by atoms with E-state index in [4.69, 9.17) is 6.42 Å². The first-order valence-electron chi connectivity index (χ1n) is 40.7. The molecule has 9 N–H and O–H groups in total. The van der Waals surface area contributed by atoms with E-state index in [1.54, 1.807) is 123 Å². The maximum Gasteiger partial charge on any atom is 0.251 e. The Morgan fingerprint density at radius 2 is 0.774 bits per heavy atom. The second kappa shape index (κ2) is 44.5. The molecule has 10 heterocycles. The summed E-state index contributed by atoms with van der Waals surface area (Å²) in [5.74, 6) is 27.1. The first-order chi connectivity index (χ1) is 60.8. The molecule has 124 heavy (non-hydrogen) atoms. The van der Waals surface area contributed by atoms with E-state index in [0.717, 1.165) is 132 Å². The number of benzene rings is 5. The van der Waals surface area contributed by atoms with Gasteiger partial charge in [-0.25, -0.2) is 28.7 Å². The SMILES string of the molecule is C#Cc1cccc(C#Cc2cc(C(=O)NCCCc3cn[nH]c3)ccc2-n2cccn2)c1.Cc1cccc(C#Cc2cc(C(=O)NCCCc3cn[nH]c3)ccc2-n2cccn2)n1.O=C(NCCCc1cn[nH]c1)c1ccc(-n2cccn2)c(C#CC2(O)CCCCC2)c1.O=C(NCCCc1cn[nH]c1)c1ccc(-n2cccn2)c(C#Cc2ccccn2)c1. The van der Waals surface area contributed by atoms with Crippen molar-refractivity contribution in [1.29, 1.82) is 0 Å². The van der Waals surface area contributed by atoms with E-state index in [0.29, 0.717) is 94.9 Å². The fourth-order valence-electron chi connectivity index (χ4n) is 13.2. The molecule has 1 saturated carbocycles. The van der Waals surface area contributed by atoms with E-state index in [2.05, 4.69) is 146 Å². The summed E-state index contributed by atoms with van der Waals surface area (Å²) in [7, 11) is 0. The first kappa shape index (κ1) is 85.6. The molecule has 4 amide bonds. The predicted octanol–water partition coefficient (Wildman–Crippen LogP) is 12.2. The van der Waals surface area contributed by atoms with Crippen LogP contribution in [0.5, 0.6) is 0 Å². The number of rotatable bonds is 24. The normalized spacial score (nSPS) is 11.5. The number of nitrogens with zero attached hydrogens (tertiary/aromatic N) is 14. The van der Waals surface area contributed by atoms with Crippen LogP contribution >= 0.6 is 0 Å². The van der Waals surface area contributed by atoms with Crippen LogP contribution in [0.1, 0.15) is 172 Å². The molecule has 0 atom stereocenters. The van der Waals surface area contributed by atoms with Gasteiger partial charge in [0, 0.05) is 146 Å². The Kier molecular flexibility index (Phi) is 30.7. The number of pyridine rings is 2. The Morgan fingerprint density at radius 1 is 0.403 bits per heavy atom. The molecule has 0 spiro atoms. The summed E-state index contributed by atoms with van der Waals surface area (Å²) in [4.78, 5) is 59.3. The minimum Gasteiger partial charge on any atom is -0.378 e. The van der Waals surface area contributed by atoms with Crippen LogP contribution < -0.4 is 21.3 Å². The number of nitrogens with one attached hydrogen (secondary N) is 8. The van der Waals surface area contributed by atoms with Gasteiger partial charge in [0.25, 0.3) is 23.6 Å². The Morgan fingerprint density at radius 3 is 1.13 bits per heavy atom. The molecule has 15 aromatic rings. The molecule has 5 aromatic carbocycles. The van der Waals surface area contributed by atoms with E-state index in [1.807, 2.05) is 166 Å². The van der Waals surface area contributed by atoms with Crippen molar-refractivity contribution in [3.63, 3.8) is 0 Å². The summed E-state index contributed by atoms with van der Waals surface area (Å²) in [5, 5.41) is 66.7. The van der Waals surface area contributed by atoms with Gasteiger partial charge in [0.15, 0.2) is 0 Å². The third-order valence-corrected chi connectivity index (χ3v) is 19.7. The summed E-state index contributed by atoms with van der Waals surface area (Å²) in [6, 6.07) is 47.9. The van der Waals surface area contributed by atoms with Crippen molar-refractivity contribution >= 4 is 23.6 Å². The van der Waals surface area contributed by atoms with Crippen LogP contribution in [-0.2, 0) is 25.7 Å². The smallest absolute Gasteiger partial charge is 0.251 e. The van der Waals surface area contributed by atoms with E-state index in [9.17, 15) is 24.3 Å². The molecule has 618 valence electrons. The Balaban J connectivity index is 0.000000142. The van der Waals surface area contributed by atoms with Gasteiger partial charge in [0.05, 0.1) is 69.8 Å². The molecule has 0 unspecified atom stereocenters. The molecular weight excluding hydrogens is 1550 g/mol. The molecule has 16 rings (SSSR count). The van der Waals surface area contributed by atoms with Crippen LogP contribution in [0.2, 0.25) is 0 Å². The largest absolute Gasteiger partial charge is 0.378 e. The number of hydrogen-bond donors (Lipinski definition) is 9. The number of amides is 4. The summed E-state index contributed by atoms with van der Waals surface area (Å²) >= 11 is 0. The van der Waals surface area contributed by atoms with E-state index in [-0.39, 0.29) is 23.6 Å². The number of hydrogen-bond acceptors (Lipinski definition) is 15. The van der Waals surface area contributed by atoms with Crippen molar-refractivity contribution in [2.45, 2.75) is 96.0 Å². The maximum atomic E-state index is 12.7. The van der Waals surface area contributed by atoms with Crippen LogP contribution in [0, 0.1) is 66.6 Å². The van der Waals surface area contributed by atoms with Gasteiger partial charge in [0.1, 0.15) is 17.0 Å². The molecule has 0 aliphatic heterocycles. The van der Waals surface area contributed by atoms with Crippen LogP contribution in [0.25, 0.3) is 22.7 Å². The molecule has 27 nitrogen and oxygen atoms in total. The number of H-pyrrole nitrogens is 4. The van der Waals surface area contributed by atoms with Gasteiger partial charge in [-0.05, 0) is 258 Å². The van der Waals surface area contributed by atoms with Crippen molar-refractivity contribution in [2.24, 2.45) is 0 Å². The van der Waals surface area contributed by atoms with E-state index >= 15 is 0 Å².